The molecule has 0 bridgehead atoms. The maximum atomic E-state index is 12.9. The van der Waals surface area contributed by atoms with Crippen molar-refractivity contribution in [1.82, 2.24) is 25.0 Å². The number of halogens is 1. The second-order valence-electron chi connectivity index (χ2n) is 6.04. The van der Waals surface area contributed by atoms with Crippen LogP contribution in [0.25, 0.3) is 16.4 Å². The van der Waals surface area contributed by atoms with E-state index in [-0.39, 0.29) is 30.2 Å². The summed E-state index contributed by atoms with van der Waals surface area (Å²) in [5, 5.41) is 9.84. The molecule has 1 aliphatic rings. The highest BCUT2D eigenvalue weighted by Gasteiger charge is 2.28. The number of piperazine rings is 1. The van der Waals surface area contributed by atoms with E-state index in [4.69, 9.17) is 0 Å². The molecule has 0 unspecified atom stereocenters. The molecule has 8 heteroatoms. The SMILES string of the molecule is C[C@H]1CNCCN1C(=O)c1nc(-c2cccs2)n(-c2ccccc2)n1.Cl. The lowest BCUT2D eigenvalue weighted by Crippen LogP contribution is -2.52. The van der Waals surface area contributed by atoms with Gasteiger partial charge in [0.25, 0.3) is 5.91 Å². The summed E-state index contributed by atoms with van der Waals surface area (Å²) in [4.78, 5) is 20.4. The first-order valence-corrected chi connectivity index (χ1v) is 9.20. The van der Waals surface area contributed by atoms with Crippen LogP contribution in [0, 0.1) is 0 Å². The van der Waals surface area contributed by atoms with E-state index in [9.17, 15) is 4.79 Å². The molecule has 3 heterocycles. The summed E-state index contributed by atoms with van der Waals surface area (Å²) in [6.45, 7) is 4.31. The molecule has 0 saturated carbocycles. The van der Waals surface area contributed by atoms with Gasteiger partial charge in [0.2, 0.25) is 5.82 Å². The van der Waals surface area contributed by atoms with Crippen LogP contribution in [0.5, 0.6) is 0 Å². The molecule has 1 saturated heterocycles. The van der Waals surface area contributed by atoms with Gasteiger partial charge < -0.3 is 10.2 Å². The summed E-state index contributed by atoms with van der Waals surface area (Å²) >= 11 is 1.59. The molecule has 2 aromatic heterocycles. The minimum absolute atomic E-state index is 0. The molecule has 0 radical (unpaired) electrons. The van der Waals surface area contributed by atoms with Gasteiger partial charge in [-0.05, 0) is 30.5 Å². The van der Waals surface area contributed by atoms with Crippen molar-refractivity contribution in [1.29, 1.82) is 0 Å². The van der Waals surface area contributed by atoms with Crippen LogP contribution in [0.4, 0.5) is 0 Å². The topological polar surface area (TPSA) is 63.1 Å². The minimum Gasteiger partial charge on any atom is -0.331 e. The van der Waals surface area contributed by atoms with Crippen LogP contribution < -0.4 is 5.32 Å². The van der Waals surface area contributed by atoms with Gasteiger partial charge in [-0.25, -0.2) is 9.67 Å². The number of hydrogen-bond acceptors (Lipinski definition) is 5. The van der Waals surface area contributed by atoms with E-state index in [2.05, 4.69) is 15.4 Å². The molecular weight excluding hydrogens is 370 g/mol. The van der Waals surface area contributed by atoms with Crippen LogP contribution in [-0.4, -0.2) is 51.2 Å². The highest BCUT2D eigenvalue weighted by atomic mass is 35.5. The zero-order valence-corrected chi connectivity index (χ0v) is 16.0. The average Bonchev–Trinajstić information content (AvgIpc) is 3.32. The van der Waals surface area contributed by atoms with Gasteiger partial charge in [-0.2, -0.15) is 0 Å². The molecule has 26 heavy (non-hydrogen) atoms. The zero-order valence-electron chi connectivity index (χ0n) is 14.3. The summed E-state index contributed by atoms with van der Waals surface area (Å²) in [6, 6.07) is 13.9. The van der Waals surface area contributed by atoms with Crippen molar-refractivity contribution >= 4 is 29.7 Å². The Morgan fingerprint density at radius 1 is 1.23 bits per heavy atom. The van der Waals surface area contributed by atoms with Crippen LogP contribution >= 0.6 is 23.7 Å². The van der Waals surface area contributed by atoms with Crippen molar-refractivity contribution in [3.8, 4) is 16.4 Å². The second kappa shape index (κ2) is 7.99. The number of aromatic nitrogens is 3. The van der Waals surface area contributed by atoms with Gasteiger partial charge in [-0.15, -0.1) is 28.8 Å². The molecule has 1 atom stereocenters. The maximum absolute atomic E-state index is 12.9. The van der Waals surface area contributed by atoms with E-state index in [1.165, 1.54) is 0 Å². The lowest BCUT2D eigenvalue weighted by Gasteiger charge is -2.33. The first kappa shape index (κ1) is 18.6. The Hall–Kier alpha value is -2.22. The number of carbonyl (C=O) groups excluding carboxylic acids is 1. The van der Waals surface area contributed by atoms with Gasteiger partial charge in [0.15, 0.2) is 5.82 Å². The largest absolute Gasteiger partial charge is 0.331 e. The normalized spacial score (nSPS) is 17.0. The summed E-state index contributed by atoms with van der Waals surface area (Å²) in [7, 11) is 0. The lowest BCUT2D eigenvalue weighted by atomic mass is 10.2. The zero-order chi connectivity index (χ0) is 17.2. The Morgan fingerprint density at radius 3 is 2.73 bits per heavy atom. The van der Waals surface area contributed by atoms with Crippen molar-refractivity contribution in [2.75, 3.05) is 19.6 Å². The van der Waals surface area contributed by atoms with Gasteiger partial charge >= 0.3 is 0 Å². The van der Waals surface area contributed by atoms with Crippen molar-refractivity contribution < 1.29 is 4.79 Å². The molecule has 136 valence electrons. The lowest BCUT2D eigenvalue weighted by molar-refractivity contribution is 0.0643. The quantitative estimate of drug-likeness (QED) is 0.748. The van der Waals surface area contributed by atoms with Crippen LogP contribution in [0.2, 0.25) is 0 Å². The number of nitrogens with zero attached hydrogens (tertiary/aromatic N) is 4. The number of nitrogens with one attached hydrogen (secondary N) is 1. The summed E-state index contributed by atoms with van der Waals surface area (Å²) in [6.07, 6.45) is 0. The van der Waals surface area contributed by atoms with Gasteiger partial charge in [0.1, 0.15) is 0 Å². The summed E-state index contributed by atoms with van der Waals surface area (Å²) in [5.41, 5.74) is 0.894. The number of carbonyl (C=O) groups is 1. The maximum Gasteiger partial charge on any atom is 0.293 e. The monoisotopic (exact) mass is 389 g/mol. The molecule has 1 aromatic carbocycles. The van der Waals surface area contributed by atoms with Gasteiger partial charge in [-0.3, -0.25) is 4.79 Å². The molecule has 1 aliphatic heterocycles. The van der Waals surface area contributed by atoms with Gasteiger partial charge in [-0.1, -0.05) is 24.3 Å². The molecule has 4 rings (SSSR count). The number of amides is 1. The van der Waals surface area contributed by atoms with Crippen LogP contribution in [0.3, 0.4) is 0 Å². The van der Waals surface area contributed by atoms with E-state index in [0.717, 1.165) is 23.7 Å². The van der Waals surface area contributed by atoms with Crippen molar-refractivity contribution in [2.45, 2.75) is 13.0 Å². The molecule has 0 spiro atoms. The van der Waals surface area contributed by atoms with E-state index >= 15 is 0 Å². The van der Waals surface area contributed by atoms with Crippen molar-refractivity contribution in [3.63, 3.8) is 0 Å². The molecule has 3 aromatic rings. The van der Waals surface area contributed by atoms with Crippen LogP contribution in [0.15, 0.2) is 47.8 Å². The Morgan fingerprint density at radius 2 is 2.04 bits per heavy atom. The first-order chi connectivity index (χ1) is 12.2. The highest BCUT2D eigenvalue weighted by molar-refractivity contribution is 7.13. The third-order valence-electron chi connectivity index (χ3n) is 4.30. The van der Waals surface area contributed by atoms with E-state index in [0.29, 0.717) is 12.4 Å². The van der Waals surface area contributed by atoms with E-state index < -0.39 is 0 Å². The predicted octanol–water partition coefficient (Wildman–Crippen LogP) is 2.85. The fraction of sp³-hybridized carbons (Fsp3) is 0.278. The number of benzene rings is 1. The number of hydrogen-bond donors (Lipinski definition) is 1. The van der Waals surface area contributed by atoms with Gasteiger partial charge in [0.05, 0.1) is 10.6 Å². The average molecular weight is 390 g/mol. The van der Waals surface area contributed by atoms with E-state index in [1.807, 2.05) is 59.7 Å². The third-order valence-corrected chi connectivity index (χ3v) is 5.17. The second-order valence-corrected chi connectivity index (χ2v) is 6.98. The Labute approximate surface area is 162 Å². The Balaban J connectivity index is 0.00000196. The predicted molar refractivity (Wildman–Crippen MR) is 105 cm³/mol. The smallest absolute Gasteiger partial charge is 0.293 e. The van der Waals surface area contributed by atoms with Crippen LogP contribution in [0.1, 0.15) is 17.5 Å². The molecule has 1 N–H and O–H groups in total. The van der Waals surface area contributed by atoms with Gasteiger partial charge in [0, 0.05) is 25.7 Å². The molecular formula is C18H20ClN5OS. The third kappa shape index (κ3) is 3.51. The Bertz CT molecular complexity index is 865. The van der Waals surface area contributed by atoms with E-state index in [1.54, 1.807) is 16.0 Å². The van der Waals surface area contributed by atoms with Crippen molar-refractivity contribution in [3.05, 3.63) is 53.7 Å². The number of thiophene rings is 1. The minimum atomic E-state index is -0.110. The summed E-state index contributed by atoms with van der Waals surface area (Å²) < 4.78 is 1.76. The fourth-order valence-corrected chi connectivity index (χ4v) is 3.69. The van der Waals surface area contributed by atoms with Crippen LogP contribution in [-0.2, 0) is 0 Å². The number of para-hydroxylation sites is 1. The number of rotatable bonds is 3. The Kier molecular flexibility index (Phi) is 5.70. The first-order valence-electron chi connectivity index (χ1n) is 8.32. The summed E-state index contributed by atoms with van der Waals surface area (Å²) in [5.74, 6) is 0.842. The van der Waals surface area contributed by atoms with Crippen molar-refractivity contribution in [2.24, 2.45) is 0 Å². The molecule has 1 amide bonds. The fourth-order valence-electron chi connectivity index (χ4n) is 2.99. The molecule has 6 nitrogen and oxygen atoms in total. The highest BCUT2D eigenvalue weighted by Crippen LogP contribution is 2.26. The molecule has 1 fully saturated rings. The molecule has 0 aliphatic carbocycles. The standard InChI is InChI=1S/C18H19N5OS.ClH/c1-13-12-19-9-10-22(13)18(24)16-20-17(15-8-5-11-25-15)23(21-16)14-6-3-2-4-7-14;/h2-8,11,13,19H,9-10,12H2,1H3;1H/t13-;/m0./s1.